The van der Waals surface area contributed by atoms with Crippen LogP contribution in [0.5, 0.6) is 0 Å². The Morgan fingerprint density at radius 3 is 2.86 bits per heavy atom. The number of anilines is 2. The van der Waals surface area contributed by atoms with Gasteiger partial charge in [0.15, 0.2) is 0 Å². The Balaban J connectivity index is 1.27. The van der Waals surface area contributed by atoms with Crippen molar-refractivity contribution in [1.29, 1.82) is 0 Å². The van der Waals surface area contributed by atoms with Gasteiger partial charge in [0.1, 0.15) is 11.5 Å². The summed E-state index contributed by atoms with van der Waals surface area (Å²) in [6.07, 6.45) is 5.37. The molecule has 1 saturated carbocycles. The van der Waals surface area contributed by atoms with Crippen LogP contribution in [0.15, 0.2) is 30.5 Å². The van der Waals surface area contributed by atoms with E-state index in [-0.39, 0.29) is 23.3 Å². The van der Waals surface area contributed by atoms with Crippen LogP contribution in [-0.4, -0.2) is 33.2 Å². The van der Waals surface area contributed by atoms with E-state index in [2.05, 4.69) is 34.3 Å². The number of piperidine rings is 1. The van der Waals surface area contributed by atoms with E-state index >= 15 is 0 Å². The summed E-state index contributed by atoms with van der Waals surface area (Å²) in [6, 6.07) is 8.02. The average Bonchev–Trinajstić information content (AvgIpc) is 3.43. The third kappa shape index (κ3) is 3.02. The summed E-state index contributed by atoms with van der Waals surface area (Å²) < 4.78 is 5.61. The van der Waals surface area contributed by atoms with Crippen molar-refractivity contribution in [3.05, 3.63) is 58.4 Å². The molecule has 1 saturated heterocycles. The van der Waals surface area contributed by atoms with E-state index in [0.717, 1.165) is 59.0 Å². The zero-order chi connectivity index (χ0) is 23.9. The lowest BCUT2D eigenvalue weighted by Crippen LogP contribution is -2.42. The summed E-state index contributed by atoms with van der Waals surface area (Å²) in [5, 5.41) is 3.91. The van der Waals surface area contributed by atoms with Gasteiger partial charge in [0.2, 0.25) is 5.91 Å². The van der Waals surface area contributed by atoms with Crippen molar-refractivity contribution in [2.75, 3.05) is 17.6 Å². The number of pyridine rings is 2. The average molecular weight is 470 g/mol. The molecule has 2 atom stereocenters. The predicted molar refractivity (Wildman–Crippen MR) is 131 cm³/mol. The summed E-state index contributed by atoms with van der Waals surface area (Å²) in [4.78, 5) is 37.3. The lowest BCUT2D eigenvalue weighted by molar-refractivity contribution is -0.117. The zero-order valence-electron chi connectivity index (χ0n) is 19.6. The van der Waals surface area contributed by atoms with Crippen molar-refractivity contribution in [2.24, 2.45) is 5.92 Å². The maximum Gasteiger partial charge on any atom is 0.272 e. The SMILES string of the molecule is C[C@H]1CCC(c2ccc3c(c2)C2(CC2)C(=O)N3)N(C(=O)c2cc3c4c(c(N)nc3cn2)COC4)C1. The van der Waals surface area contributed by atoms with E-state index in [1.807, 2.05) is 17.0 Å². The van der Waals surface area contributed by atoms with Gasteiger partial charge in [-0.25, -0.2) is 9.97 Å². The van der Waals surface area contributed by atoms with Crippen LogP contribution in [0.4, 0.5) is 11.5 Å². The number of benzene rings is 1. The van der Waals surface area contributed by atoms with Crippen LogP contribution in [0.1, 0.15) is 71.4 Å². The third-order valence-corrected chi connectivity index (χ3v) is 8.29. The normalized spacial score (nSPS) is 23.9. The van der Waals surface area contributed by atoms with Gasteiger partial charge in [0.25, 0.3) is 5.91 Å². The van der Waals surface area contributed by atoms with Crippen molar-refractivity contribution in [3.8, 4) is 0 Å². The Bertz CT molecular complexity index is 1430. The second-order valence-electron chi connectivity index (χ2n) is 10.5. The van der Waals surface area contributed by atoms with Gasteiger partial charge < -0.3 is 20.7 Å². The fourth-order valence-electron chi connectivity index (χ4n) is 6.12. The molecule has 7 rings (SSSR count). The molecular formula is C27H27N5O3. The van der Waals surface area contributed by atoms with Crippen molar-refractivity contribution in [3.63, 3.8) is 0 Å². The number of aromatic nitrogens is 2. The van der Waals surface area contributed by atoms with Crippen LogP contribution in [0.25, 0.3) is 10.9 Å². The summed E-state index contributed by atoms with van der Waals surface area (Å²) in [7, 11) is 0. The Morgan fingerprint density at radius 2 is 2.03 bits per heavy atom. The Labute approximate surface area is 202 Å². The highest BCUT2D eigenvalue weighted by atomic mass is 16.5. The molecule has 2 fully saturated rings. The lowest BCUT2D eigenvalue weighted by atomic mass is 9.87. The van der Waals surface area contributed by atoms with Crippen LogP contribution >= 0.6 is 0 Å². The number of likely N-dealkylation sites (tertiary alicyclic amines) is 1. The Morgan fingerprint density at radius 1 is 1.20 bits per heavy atom. The molecule has 4 aliphatic rings. The first-order valence-corrected chi connectivity index (χ1v) is 12.4. The molecule has 0 radical (unpaired) electrons. The molecule has 1 aromatic carbocycles. The second-order valence-corrected chi connectivity index (χ2v) is 10.5. The standard InChI is InChI=1S/C27H27N5O3/c1-14-2-5-23(15-3-4-20-19(8-15)27(6-7-27)26(34)31-20)32(11-14)25(33)21-9-16-17-12-35-13-18(17)24(28)30-22(16)10-29-21/h3-4,8-10,14,23H,2,5-7,11-13H2,1H3,(H2,28,30)(H,31,34)/t14-,23?/m0/s1. The minimum absolute atomic E-state index is 0.0495. The van der Waals surface area contributed by atoms with E-state index < -0.39 is 0 Å². The zero-order valence-corrected chi connectivity index (χ0v) is 19.6. The van der Waals surface area contributed by atoms with Gasteiger partial charge in [0, 0.05) is 23.2 Å². The number of hydrogen-bond donors (Lipinski definition) is 2. The largest absolute Gasteiger partial charge is 0.383 e. The Hall–Kier alpha value is -3.52. The molecule has 1 aliphatic carbocycles. The fourth-order valence-corrected chi connectivity index (χ4v) is 6.12. The number of nitrogens with zero attached hydrogens (tertiary/aromatic N) is 3. The predicted octanol–water partition coefficient (Wildman–Crippen LogP) is 3.84. The van der Waals surface area contributed by atoms with Crippen LogP contribution in [-0.2, 0) is 28.2 Å². The maximum atomic E-state index is 13.9. The van der Waals surface area contributed by atoms with E-state index in [9.17, 15) is 9.59 Å². The molecule has 0 bridgehead atoms. The molecule has 178 valence electrons. The molecule has 3 N–H and O–H groups in total. The van der Waals surface area contributed by atoms with Gasteiger partial charge in [-0.3, -0.25) is 9.59 Å². The molecule has 3 aromatic rings. The molecular weight excluding hydrogens is 442 g/mol. The number of rotatable bonds is 2. The first kappa shape index (κ1) is 20.8. The van der Waals surface area contributed by atoms with Crippen molar-refractivity contribution < 1.29 is 14.3 Å². The van der Waals surface area contributed by atoms with Crippen molar-refractivity contribution >= 4 is 34.2 Å². The van der Waals surface area contributed by atoms with Gasteiger partial charge in [-0.1, -0.05) is 19.1 Å². The van der Waals surface area contributed by atoms with E-state index in [1.54, 1.807) is 6.20 Å². The topological polar surface area (TPSA) is 110 Å². The molecule has 3 aliphatic heterocycles. The molecule has 1 spiro atoms. The molecule has 2 aromatic heterocycles. The fraction of sp³-hybridized carbons (Fsp3) is 0.407. The van der Waals surface area contributed by atoms with E-state index in [0.29, 0.717) is 42.7 Å². The molecule has 1 unspecified atom stereocenters. The lowest BCUT2D eigenvalue weighted by Gasteiger charge is -2.39. The molecule has 2 amide bonds. The van der Waals surface area contributed by atoms with Crippen LogP contribution < -0.4 is 11.1 Å². The van der Waals surface area contributed by atoms with Gasteiger partial charge in [-0.2, -0.15) is 0 Å². The maximum absolute atomic E-state index is 13.9. The number of amides is 2. The number of hydrogen-bond acceptors (Lipinski definition) is 6. The van der Waals surface area contributed by atoms with Crippen LogP contribution in [0.3, 0.4) is 0 Å². The van der Waals surface area contributed by atoms with Crippen molar-refractivity contribution in [2.45, 2.75) is 57.3 Å². The summed E-state index contributed by atoms with van der Waals surface area (Å²) in [6.45, 7) is 3.76. The van der Waals surface area contributed by atoms with E-state index in [1.165, 1.54) is 0 Å². The van der Waals surface area contributed by atoms with Crippen LogP contribution in [0, 0.1) is 5.92 Å². The molecule has 35 heavy (non-hydrogen) atoms. The van der Waals surface area contributed by atoms with Gasteiger partial charge in [-0.05, 0) is 60.4 Å². The van der Waals surface area contributed by atoms with Crippen LogP contribution in [0.2, 0.25) is 0 Å². The minimum atomic E-state index is -0.348. The number of carbonyl (C=O) groups is 2. The first-order valence-electron chi connectivity index (χ1n) is 12.4. The second kappa shape index (κ2) is 7.24. The number of nitrogens with one attached hydrogen (secondary N) is 1. The number of fused-ring (bicyclic) bond motifs is 5. The van der Waals surface area contributed by atoms with Gasteiger partial charge >= 0.3 is 0 Å². The number of carbonyl (C=O) groups excluding carboxylic acids is 2. The highest BCUT2D eigenvalue weighted by molar-refractivity contribution is 6.08. The highest BCUT2D eigenvalue weighted by Crippen LogP contribution is 2.55. The highest BCUT2D eigenvalue weighted by Gasteiger charge is 2.56. The van der Waals surface area contributed by atoms with Gasteiger partial charge in [0.05, 0.1) is 36.4 Å². The quantitative estimate of drug-likeness (QED) is 0.590. The third-order valence-electron chi connectivity index (χ3n) is 8.29. The Kier molecular flexibility index (Phi) is 4.31. The first-order chi connectivity index (χ1) is 16.9. The van der Waals surface area contributed by atoms with E-state index in [4.69, 9.17) is 10.5 Å². The summed E-state index contributed by atoms with van der Waals surface area (Å²) in [5.74, 6) is 0.903. The molecule has 5 heterocycles. The van der Waals surface area contributed by atoms with Gasteiger partial charge in [-0.15, -0.1) is 0 Å². The molecule has 8 nitrogen and oxygen atoms in total. The minimum Gasteiger partial charge on any atom is -0.383 e. The number of ether oxygens (including phenoxy) is 1. The summed E-state index contributed by atoms with van der Waals surface area (Å²) in [5.41, 5.74) is 11.8. The van der Waals surface area contributed by atoms with Crippen molar-refractivity contribution in [1.82, 2.24) is 14.9 Å². The molecule has 8 heteroatoms. The smallest absolute Gasteiger partial charge is 0.272 e. The summed E-state index contributed by atoms with van der Waals surface area (Å²) >= 11 is 0. The number of nitrogen functional groups attached to an aromatic ring is 1. The number of nitrogens with two attached hydrogens (primary N) is 1. The monoisotopic (exact) mass is 469 g/mol.